The van der Waals surface area contributed by atoms with E-state index >= 15 is 0 Å². The molecule has 21 heavy (non-hydrogen) atoms. The van der Waals surface area contributed by atoms with E-state index in [-0.39, 0.29) is 5.92 Å². The van der Waals surface area contributed by atoms with Gasteiger partial charge in [0.2, 0.25) is 12.3 Å². The van der Waals surface area contributed by atoms with E-state index < -0.39 is 17.9 Å². The number of aliphatic carboxylic acids is 1. The Bertz CT molecular complexity index is 620. The second kappa shape index (κ2) is 6.17. The monoisotopic (exact) mass is 289 g/mol. The van der Waals surface area contributed by atoms with Gasteiger partial charge in [0.15, 0.2) is 0 Å². The summed E-state index contributed by atoms with van der Waals surface area (Å²) in [5.74, 6) is -1.34. The Morgan fingerprint density at radius 3 is 2.38 bits per heavy atom. The smallest absolute Gasteiger partial charge is 0.326 e. The molecule has 0 bridgehead atoms. The zero-order chi connectivity index (χ0) is 15.4. The number of nitrogens with zero attached hydrogens (tertiary/aromatic N) is 2. The van der Waals surface area contributed by atoms with Gasteiger partial charge in [-0.3, -0.25) is 4.79 Å². The van der Waals surface area contributed by atoms with Crippen LogP contribution in [0.5, 0.6) is 0 Å². The lowest BCUT2D eigenvalue weighted by atomic mass is 10.0. The number of benzene rings is 1. The third-order valence-electron chi connectivity index (χ3n) is 2.97. The van der Waals surface area contributed by atoms with Gasteiger partial charge in [0.05, 0.1) is 0 Å². The minimum absolute atomic E-state index is 0.205. The fraction of sp³-hybridized carbons (Fsp3) is 0.286. The van der Waals surface area contributed by atoms with Gasteiger partial charge in [-0.2, -0.15) is 0 Å². The zero-order valence-corrected chi connectivity index (χ0v) is 11.6. The third kappa shape index (κ3) is 3.44. The van der Waals surface area contributed by atoms with E-state index in [9.17, 15) is 9.59 Å². The first-order valence-electron chi connectivity index (χ1n) is 6.39. The predicted octanol–water partition coefficient (Wildman–Crippen LogP) is 1.58. The molecule has 0 aliphatic carbocycles. The molecule has 0 radical (unpaired) electrons. The van der Waals surface area contributed by atoms with Crippen LogP contribution in [0.4, 0.5) is 0 Å². The lowest BCUT2D eigenvalue weighted by molar-refractivity contribution is -0.140. The molecule has 0 aliphatic rings. The first kappa shape index (κ1) is 14.7. The molecule has 0 saturated carbocycles. The molecule has 1 aromatic heterocycles. The number of hydrogen-bond acceptors (Lipinski definition) is 5. The molecule has 1 atom stereocenters. The van der Waals surface area contributed by atoms with E-state index in [4.69, 9.17) is 9.52 Å². The molecule has 7 heteroatoms. The van der Waals surface area contributed by atoms with Crippen molar-refractivity contribution in [3.63, 3.8) is 0 Å². The minimum atomic E-state index is -1.05. The molecule has 1 amide bonds. The number of hydrogen-bond donors (Lipinski definition) is 2. The maximum Gasteiger partial charge on any atom is 0.326 e. The van der Waals surface area contributed by atoms with Gasteiger partial charge in [-0.05, 0) is 30.2 Å². The number of carboxylic acid groups (broad SMARTS) is 1. The summed E-state index contributed by atoms with van der Waals surface area (Å²) in [7, 11) is 0. The van der Waals surface area contributed by atoms with Crippen molar-refractivity contribution in [1.82, 2.24) is 15.5 Å². The standard InChI is InChI=1S/C14H15N3O4/c1-8(2)11(14(19)20)16-12(18)9-3-5-10(6-4-9)13-17-15-7-21-13/h3-8,11H,1-2H3,(H,16,18)(H,19,20)/t11-/m0/s1. The number of carbonyl (C=O) groups excluding carboxylic acids is 1. The van der Waals surface area contributed by atoms with Crippen LogP contribution in [0.15, 0.2) is 35.1 Å². The number of carbonyl (C=O) groups is 2. The minimum Gasteiger partial charge on any atom is -0.480 e. The number of rotatable bonds is 5. The van der Waals surface area contributed by atoms with Gasteiger partial charge >= 0.3 is 5.97 Å². The Kier molecular flexibility index (Phi) is 4.32. The van der Waals surface area contributed by atoms with Crippen LogP contribution in [0.25, 0.3) is 11.5 Å². The summed E-state index contributed by atoms with van der Waals surface area (Å²) >= 11 is 0. The molecule has 0 aliphatic heterocycles. The molecule has 2 N–H and O–H groups in total. The number of amides is 1. The quantitative estimate of drug-likeness (QED) is 0.865. The van der Waals surface area contributed by atoms with Crippen molar-refractivity contribution in [1.29, 1.82) is 0 Å². The average Bonchev–Trinajstić information content (AvgIpc) is 2.98. The van der Waals surface area contributed by atoms with Crippen LogP contribution in [0.3, 0.4) is 0 Å². The van der Waals surface area contributed by atoms with Crippen molar-refractivity contribution in [2.24, 2.45) is 5.92 Å². The van der Waals surface area contributed by atoms with Gasteiger partial charge in [0.25, 0.3) is 5.91 Å². The van der Waals surface area contributed by atoms with Crippen molar-refractivity contribution in [2.45, 2.75) is 19.9 Å². The lowest BCUT2D eigenvalue weighted by Gasteiger charge is -2.17. The predicted molar refractivity (Wildman–Crippen MR) is 73.5 cm³/mol. The third-order valence-corrected chi connectivity index (χ3v) is 2.97. The summed E-state index contributed by atoms with van der Waals surface area (Å²) in [5, 5.41) is 18.9. The summed E-state index contributed by atoms with van der Waals surface area (Å²) in [5.41, 5.74) is 1.05. The van der Waals surface area contributed by atoms with E-state index in [1.54, 1.807) is 38.1 Å². The van der Waals surface area contributed by atoms with Gasteiger partial charge in [0, 0.05) is 11.1 Å². The van der Waals surface area contributed by atoms with Crippen molar-refractivity contribution >= 4 is 11.9 Å². The maximum atomic E-state index is 12.0. The van der Waals surface area contributed by atoms with Crippen LogP contribution in [-0.4, -0.2) is 33.2 Å². The highest BCUT2D eigenvalue weighted by atomic mass is 16.4. The van der Waals surface area contributed by atoms with Crippen molar-refractivity contribution in [2.75, 3.05) is 0 Å². The molecule has 2 aromatic rings. The first-order chi connectivity index (χ1) is 9.99. The maximum absolute atomic E-state index is 12.0. The molecule has 7 nitrogen and oxygen atoms in total. The highest BCUT2D eigenvalue weighted by Gasteiger charge is 2.23. The summed E-state index contributed by atoms with van der Waals surface area (Å²) in [4.78, 5) is 23.1. The molecule has 0 spiro atoms. The van der Waals surface area contributed by atoms with Gasteiger partial charge in [0.1, 0.15) is 6.04 Å². The molecular formula is C14H15N3O4. The van der Waals surface area contributed by atoms with Crippen molar-refractivity contribution in [3.8, 4) is 11.5 Å². The molecule has 1 aromatic carbocycles. The number of nitrogens with one attached hydrogen (secondary N) is 1. The molecule has 2 rings (SSSR count). The highest BCUT2D eigenvalue weighted by Crippen LogP contribution is 2.16. The number of carboxylic acids is 1. The summed E-state index contributed by atoms with van der Waals surface area (Å²) in [6, 6.07) is 5.55. The van der Waals surface area contributed by atoms with Gasteiger partial charge in [-0.1, -0.05) is 13.8 Å². The topological polar surface area (TPSA) is 105 Å². The fourth-order valence-electron chi connectivity index (χ4n) is 1.80. The normalized spacial score (nSPS) is 12.1. The van der Waals surface area contributed by atoms with Crippen LogP contribution >= 0.6 is 0 Å². The average molecular weight is 289 g/mol. The van der Waals surface area contributed by atoms with E-state index in [2.05, 4.69) is 15.5 Å². The van der Waals surface area contributed by atoms with Gasteiger partial charge < -0.3 is 14.8 Å². The summed E-state index contributed by atoms with van der Waals surface area (Å²) in [6.45, 7) is 3.47. The van der Waals surface area contributed by atoms with Crippen LogP contribution in [-0.2, 0) is 4.79 Å². The van der Waals surface area contributed by atoms with Crippen LogP contribution in [0.1, 0.15) is 24.2 Å². The molecule has 1 heterocycles. The molecule has 0 saturated heterocycles. The summed E-state index contributed by atoms with van der Waals surface area (Å²) < 4.78 is 5.05. The van der Waals surface area contributed by atoms with Crippen LogP contribution < -0.4 is 5.32 Å². The fourth-order valence-corrected chi connectivity index (χ4v) is 1.80. The van der Waals surface area contributed by atoms with E-state index in [0.29, 0.717) is 17.0 Å². The Balaban J connectivity index is 2.11. The van der Waals surface area contributed by atoms with E-state index in [1.807, 2.05) is 0 Å². The Morgan fingerprint density at radius 2 is 1.90 bits per heavy atom. The molecule has 0 unspecified atom stereocenters. The second-order valence-corrected chi connectivity index (χ2v) is 4.85. The van der Waals surface area contributed by atoms with Crippen LogP contribution in [0.2, 0.25) is 0 Å². The van der Waals surface area contributed by atoms with Crippen molar-refractivity contribution < 1.29 is 19.1 Å². The SMILES string of the molecule is CC(C)[C@H](NC(=O)c1ccc(-c2nnco2)cc1)C(=O)O. The van der Waals surface area contributed by atoms with Gasteiger partial charge in [-0.15, -0.1) is 10.2 Å². The van der Waals surface area contributed by atoms with E-state index in [0.717, 1.165) is 0 Å². The Morgan fingerprint density at radius 1 is 1.24 bits per heavy atom. The van der Waals surface area contributed by atoms with Crippen LogP contribution in [0, 0.1) is 5.92 Å². The largest absolute Gasteiger partial charge is 0.480 e. The Labute approximate surface area is 121 Å². The van der Waals surface area contributed by atoms with Crippen molar-refractivity contribution in [3.05, 3.63) is 36.2 Å². The number of aromatic nitrogens is 2. The van der Waals surface area contributed by atoms with E-state index in [1.165, 1.54) is 6.39 Å². The Hall–Kier alpha value is -2.70. The lowest BCUT2D eigenvalue weighted by Crippen LogP contribution is -2.44. The highest BCUT2D eigenvalue weighted by molar-refractivity contribution is 5.96. The molecule has 0 fully saturated rings. The molecular weight excluding hydrogens is 274 g/mol. The van der Waals surface area contributed by atoms with Gasteiger partial charge in [-0.25, -0.2) is 4.79 Å². The molecule has 110 valence electrons. The first-order valence-corrected chi connectivity index (χ1v) is 6.39. The second-order valence-electron chi connectivity index (χ2n) is 4.85. The zero-order valence-electron chi connectivity index (χ0n) is 11.6. The summed E-state index contributed by atoms with van der Waals surface area (Å²) in [6.07, 6.45) is 1.22.